The summed E-state index contributed by atoms with van der Waals surface area (Å²) in [4.78, 5) is 34.2. The van der Waals surface area contributed by atoms with Crippen LogP contribution >= 0.6 is 0 Å². The highest BCUT2D eigenvalue weighted by Gasteiger charge is 2.42. The van der Waals surface area contributed by atoms with Crippen LogP contribution in [-0.4, -0.2) is 23.6 Å². The lowest BCUT2D eigenvalue weighted by atomic mass is 9.94. The van der Waals surface area contributed by atoms with E-state index in [9.17, 15) is 14.4 Å². The fraction of sp³-hybridized carbons (Fsp3) is 0.308. The molecule has 6 heteroatoms. The number of carbonyl (C=O) groups excluding carboxylic acids is 3. The largest absolute Gasteiger partial charge is 0.413 e. The number of carbonyl (C=O) groups is 3. The molecule has 0 saturated carbocycles. The number of esters is 2. The van der Waals surface area contributed by atoms with Gasteiger partial charge in [-0.05, 0) is 25.5 Å². The molecule has 19 heavy (non-hydrogen) atoms. The van der Waals surface area contributed by atoms with Gasteiger partial charge in [-0.2, -0.15) is 0 Å². The smallest absolute Gasteiger partial charge is 0.410 e. The lowest BCUT2D eigenvalue weighted by Gasteiger charge is -2.30. The van der Waals surface area contributed by atoms with Crippen molar-refractivity contribution in [3.8, 4) is 5.75 Å². The Hall–Kier alpha value is -2.37. The van der Waals surface area contributed by atoms with Gasteiger partial charge in [0.2, 0.25) is 0 Å². The normalized spacial score (nSPS) is 22.6. The number of benzene rings is 1. The fourth-order valence-electron chi connectivity index (χ4n) is 1.68. The number of para-hydroxylation sites is 1. The summed E-state index contributed by atoms with van der Waals surface area (Å²) in [5.74, 6) is -0.988. The molecule has 1 aromatic carbocycles. The molecule has 1 heterocycles. The first-order valence-corrected chi connectivity index (χ1v) is 5.80. The van der Waals surface area contributed by atoms with Crippen LogP contribution in [0.1, 0.15) is 19.8 Å². The fourth-order valence-corrected chi connectivity index (χ4v) is 1.68. The molecule has 1 saturated heterocycles. The van der Waals surface area contributed by atoms with Gasteiger partial charge in [0.1, 0.15) is 11.3 Å². The van der Waals surface area contributed by atoms with Crippen LogP contribution < -0.4 is 10.1 Å². The minimum Gasteiger partial charge on any atom is -0.410 e. The van der Waals surface area contributed by atoms with E-state index in [0.717, 1.165) is 0 Å². The summed E-state index contributed by atoms with van der Waals surface area (Å²) in [6.07, 6.45) is -0.498. The Morgan fingerprint density at radius 3 is 2.63 bits per heavy atom. The molecule has 1 N–H and O–H groups in total. The van der Waals surface area contributed by atoms with E-state index in [0.29, 0.717) is 5.75 Å². The van der Waals surface area contributed by atoms with Gasteiger partial charge in [-0.25, -0.2) is 9.59 Å². The monoisotopic (exact) mass is 263 g/mol. The molecule has 2 rings (SSSR count). The lowest BCUT2D eigenvalue weighted by molar-refractivity contribution is -0.169. The van der Waals surface area contributed by atoms with Gasteiger partial charge in [-0.1, -0.05) is 18.2 Å². The van der Waals surface area contributed by atoms with Crippen LogP contribution in [-0.2, 0) is 14.3 Å². The predicted octanol–water partition coefficient (Wildman–Crippen LogP) is 1.40. The summed E-state index contributed by atoms with van der Waals surface area (Å²) in [5.41, 5.74) is -1.24. The minimum atomic E-state index is -1.24. The van der Waals surface area contributed by atoms with E-state index >= 15 is 0 Å². The Bertz CT molecular complexity index is 513. The van der Waals surface area contributed by atoms with Crippen LogP contribution in [0, 0.1) is 0 Å². The van der Waals surface area contributed by atoms with Crippen molar-refractivity contribution < 1.29 is 23.9 Å². The van der Waals surface area contributed by atoms with Crippen molar-refractivity contribution in [2.75, 3.05) is 0 Å². The zero-order valence-electron chi connectivity index (χ0n) is 10.3. The van der Waals surface area contributed by atoms with Crippen LogP contribution in [0.3, 0.4) is 0 Å². The van der Waals surface area contributed by atoms with Crippen molar-refractivity contribution in [3.05, 3.63) is 30.3 Å². The molecule has 1 amide bonds. The molecular formula is C13H13NO5. The molecule has 0 aromatic heterocycles. The SMILES string of the molecule is C[C@]1(NC(=O)Oc2ccccc2)CCC(=O)OC1=O. The van der Waals surface area contributed by atoms with Gasteiger partial charge in [-0.15, -0.1) is 0 Å². The molecule has 100 valence electrons. The van der Waals surface area contributed by atoms with Crippen molar-refractivity contribution in [3.63, 3.8) is 0 Å². The summed E-state index contributed by atoms with van der Waals surface area (Å²) in [6, 6.07) is 8.46. The Balaban J connectivity index is 1.98. The summed E-state index contributed by atoms with van der Waals surface area (Å²) < 4.78 is 9.52. The number of hydrogen-bond acceptors (Lipinski definition) is 5. The first kappa shape index (κ1) is 13.1. The molecule has 0 bridgehead atoms. The molecule has 1 fully saturated rings. The maximum Gasteiger partial charge on any atom is 0.413 e. The molecule has 1 aliphatic rings. The van der Waals surface area contributed by atoms with Crippen LogP contribution in [0.5, 0.6) is 5.75 Å². The van der Waals surface area contributed by atoms with Crippen LogP contribution in [0.25, 0.3) is 0 Å². The summed E-state index contributed by atoms with van der Waals surface area (Å²) in [5, 5.41) is 2.43. The van der Waals surface area contributed by atoms with E-state index < -0.39 is 23.6 Å². The van der Waals surface area contributed by atoms with Crippen molar-refractivity contribution in [1.82, 2.24) is 5.32 Å². The molecule has 6 nitrogen and oxygen atoms in total. The topological polar surface area (TPSA) is 81.7 Å². The van der Waals surface area contributed by atoms with E-state index in [4.69, 9.17) is 4.74 Å². The standard InChI is InChI=1S/C13H13NO5/c1-13(8-7-10(15)19-11(13)16)14-12(17)18-9-5-3-2-4-6-9/h2-6H,7-8H2,1H3,(H,14,17)/t13-/m0/s1. The first-order valence-electron chi connectivity index (χ1n) is 5.80. The van der Waals surface area contributed by atoms with Gasteiger partial charge < -0.3 is 14.8 Å². The quantitative estimate of drug-likeness (QED) is 0.644. The first-order chi connectivity index (χ1) is 8.99. The lowest BCUT2D eigenvalue weighted by Crippen LogP contribution is -2.56. The molecule has 0 spiro atoms. The Morgan fingerprint density at radius 2 is 2.00 bits per heavy atom. The van der Waals surface area contributed by atoms with Gasteiger partial charge in [0, 0.05) is 6.42 Å². The molecule has 1 aliphatic heterocycles. The molecule has 1 atom stereocenters. The second-order valence-electron chi connectivity index (χ2n) is 4.42. The molecule has 0 aliphatic carbocycles. The maximum atomic E-state index is 11.7. The zero-order chi connectivity index (χ0) is 13.9. The minimum absolute atomic E-state index is 0.0772. The van der Waals surface area contributed by atoms with Crippen molar-refractivity contribution in [1.29, 1.82) is 0 Å². The maximum absolute atomic E-state index is 11.7. The summed E-state index contributed by atoms with van der Waals surface area (Å²) in [7, 11) is 0. The average molecular weight is 263 g/mol. The third kappa shape index (κ3) is 3.09. The van der Waals surface area contributed by atoms with Crippen molar-refractivity contribution >= 4 is 18.0 Å². The van der Waals surface area contributed by atoms with Crippen LogP contribution in [0.15, 0.2) is 30.3 Å². The second kappa shape index (κ2) is 5.09. The second-order valence-corrected chi connectivity index (χ2v) is 4.42. The molecular weight excluding hydrogens is 250 g/mol. The van der Waals surface area contributed by atoms with E-state index in [1.807, 2.05) is 0 Å². The number of ether oxygens (including phenoxy) is 2. The Kier molecular flexibility index (Phi) is 3.50. The molecule has 1 aromatic rings. The van der Waals surface area contributed by atoms with E-state index in [1.165, 1.54) is 6.92 Å². The highest BCUT2D eigenvalue weighted by molar-refractivity contribution is 5.95. The van der Waals surface area contributed by atoms with Crippen LogP contribution in [0.2, 0.25) is 0 Å². The third-order valence-corrected chi connectivity index (χ3v) is 2.82. The van der Waals surface area contributed by atoms with Crippen LogP contribution in [0.4, 0.5) is 4.79 Å². The molecule has 0 unspecified atom stereocenters. The van der Waals surface area contributed by atoms with Gasteiger partial charge in [0.15, 0.2) is 0 Å². The van der Waals surface area contributed by atoms with Crippen molar-refractivity contribution in [2.24, 2.45) is 0 Å². The van der Waals surface area contributed by atoms with E-state index in [-0.39, 0.29) is 12.8 Å². The van der Waals surface area contributed by atoms with Gasteiger partial charge in [0.25, 0.3) is 0 Å². The van der Waals surface area contributed by atoms with Crippen molar-refractivity contribution in [2.45, 2.75) is 25.3 Å². The van der Waals surface area contributed by atoms with E-state index in [2.05, 4.69) is 10.1 Å². The highest BCUT2D eigenvalue weighted by Crippen LogP contribution is 2.21. The summed E-state index contributed by atoms with van der Waals surface area (Å²) >= 11 is 0. The Morgan fingerprint density at radius 1 is 1.32 bits per heavy atom. The number of nitrogens with one attached hydrogen (secondary N) is 1. The molecule has 0 radical (unpaired) electrons. The number of rotatable bonds is 2. The number of hydrogen-bond donors (Lipinski definition) is 1. The highest BCUT2D eigenvalue weighted by atomic mass is 16.6. The zero-order valence-corrected chi connectivity index (χ0v) is 10.3. The summed E-state index contributed by atoms with van der Waals surface area (Å²) in [6.45, 7) is 1.49. The third-order valence-electron chi connectivity index (χ3n) is 2.82. The Labute approximate surface area is 109 Å². The van der Waals surface area contributed by atoms with E-state index in [1.54, 1.807) is 30.3 Å². The predicted molar refractivity (Wildman–Crippen MR) is 64.3 cm³/mol. The average Bonchev–Trinajstić information content (AvgIpc) is 2.36. The number of cyclic esters (lactones) is 2. The van der Waals surface area contributed by atoms with Gasteiger partial charge in [-0.3, -0.25) is 4.79 Å². The van der Waals surface area contributed by atoms with Gasteiger partial charge in [0.05, 0.1) is 0 Å². The van der Waals surface area contributed by atoms with Gasteiger partial charge >= 0.3 is 18.0 Å². The number of amides is 1.